The van der Waals surface area contributed by atoms with Gasteiger partial charge < -0.3 is 9.80 Å². The first kappa shape index (κ1) is 19.0. The monoisotopic (exact) mass is 420 g/mol. The summed E-state index contributed by atoms with van der Waals surface area (Å²) < 4.78 is 0. The number of H-pyrrole nitrogens is 1. The Labute approximate surface area is 179 Å². The number of anilines is 4. The molecule has 0 unspecified atom stereocenters. The number of carbonyl (C=O) groups excluding carboxylic acids is 1. The van der Waals surface area contributed by atoms with Crippen molar-refractivity contribution in [3.8, 4) is 0 Å². The van der Waals surface area contributed by atoms with Gasteiger partial charge in [-0.1, -0.05) is 36.0 Å². The summed E-state index contributed by atoms with van der Waals surface area (Å²) in [6.45, 7) is 2.53. The third-order valence-electron chi connectivity index (χ3n) is 5.46. The number of nitrogens with one attached hydrogen (secondary N) is 2. The lowest BCUT2D eigenvalue weighted by Crippen LogP contribution is -2.30. The molecule has 7 nitrogen and oxygen atoms in total. The van der Waals surface area contributed by atoms with E-state index in [2.05, 4.69) is 66.7 Å². The molecule has 2 aliphatic rings. The molecule has 1 fully saturated rings. The Bertz CT molecular complexity index is 1000. The summed E-state index contributed by atoms with van der Waals surface area (Å²) in [6, 6.07) is 16.6. The molecule has 5 rings (SSSR count). The van der Waals surface area contributed by atoms with E-state index in [1.807, 2.05) is 12.1 Å². The molecule has 1 aromatic heterocycles. The van der Waals surface area contributed by atoms with Crippen LogP contribution in [0.5, 0.6) is 0 Å². The number of para-hydroxylation sites is 2. The molecule has 0 bridgehead atoms. The number of hydrogen-bond donors (Lipinski definition) is 2. The molecule has 0 spiro atoms. The zero-order chi connectivity index (χ0) is 20.3. The topological polar surface area (TPSA) is 77.2 Å². The molecule has 2 N–H and O–H groups in total. The van der Waals surface area contributed by atoms with Gasteiger partial charge in [-0.3, -0.25) is 10.1 Å². The minimum Gasteiger partial charge on any atom is -0.340 e. The van der Waals surface area contributed by atoms with Gasteiger partial charge in [-0.05, 0) is 43.5 Å². The lowest BCUT2D eigenvalue weighted by Gasteiger charge is -2.32. The largest absolute Gasteiger partial charge is 0.340 e. The van der Waals surface area contributed by atoms with Crippen LogP contribution in [0.4, 0.5) is 23.3 Å². The van der Waals surface area contributed by atoms with E-state index in [0.29, 0.717) is 24.9 Å². The fourth-order valence-corrected chi connectivity index (χ4v) is 5.07. The molecule has 8 heteroatoms. The molecule has 0 radical (unpaired) electrons. The number of aromatic nitrogens is 3. The molecule has 0 atom stereocenters. The fraction of sp³-hybridized carbons (Fsp3) is 0.318. The van der Waals surface area contributed by atoms with E-state index in [-0.39, 0.29) is 5.91 Å². The first-order valence-corrected chi connectivity index (χ1v) is 11.2. The molecule has 2 aromatic carbocycles. The zero-order valence-electron chi connectivity index (χ0n) is 16.7. The molecule has 0 saturated carbocycles. The van der Waals surface area contributed by atoms with Crippen molar-refractivity contribution in [2.24, 2.45) is 0 Å². The minimum absolute atomic E-state index is 0.0791. The van der Waals surface area contributed by atoms with E-state index < -0.39 is 0 Å². The van der Waals surface area contributed by atoms with E-state index >= 15 is 0 Å². The third-order valence-corrected chi connectivity index (χ3v) is 6.60. The van der Waals surface area contributed by atoms with Crippen molar-refractivity contribution in [2.75, 3.05) is 34.8 Å². The second kappa shape index (κ2) is 8.39. The van der Waals surface area contributed by atoms with E-state index in [4.69, 9.17) is 0 Å². The summed E-state index contributed by atoms with van der Waals surface area (Å²) in [4.78, 5) is 23.9. The minimum atomic E-state index is -0.0791. The van der Waals surface area contributed by atoms with E-state index in [1.54, 1.807) is 11.8 Å². The van der Waals surface area contributed by atoms with Crippen LogP contribution in [-0.4, -0.2) is 40.7 Å². The summed E-state index contributed by atoms with van der Waals surface area (Å²) in [7, 11) is 0. The number of carbonyl (C=O) groups is 1. The lowest BCUT2D eigenvalue weighted by atomic mass is 10.1. The fourth-order valence-electron chi connectivity index (χ4n) is 3.97. The zero-order valence-corrected chi connectivity index (χ0v) is 17.5. The van der Waals surface area contributed by atoms with Crippen LogP contribution in [0.3, 0.4) is 0 Å². The first-order valence-electron chi connectivity index (χ1n) is 10.4. The van der Waals surface area contributed by atoms with Crippen LogP contribution in [0.2, 0.25) is 0 Å². The SMILES string of the molecule is O=C(CCN1c2ccccc2Sc2ccccc21)Nc1nc(N2CCCCC2)n[nH]1. The maximum atomic E-state index is 12.6. The number of piperidine rings is 1. The van der Waals surface area contributed by atoms with E-state index in [0.717, 1.165) is 37.3 Å². The Morgan fingerprint density at radius 1 is 1.00 bits per heavy atom. The van der Waals surface area contributed by atoms with Crippen molar-refractivity contribution in [3.63, 3.8) is 0 Å². The molecule has 3 aromatic rings. The Balaban J connectivity index is 1.25. The quantitative estimate of drug-likeness (QED) is 0.636. The van der Waals surface area contributed by atoms with Crippen molar-refractivity contribution < 1.29 is 4.79 Å². The Kier molecular flexibility index (Phi) is 5.31. The predicted molar refractivity (Wildman–Crippen MR) is 120 cm³/mol. The van der Waals surface area contributed by atoms with Crippen LogP contribution < -0.4 is 15.1 Å². The first-order chi connectivity index (χ1) is 14.8. The number of nitrogens with zero attached hydrogens (tertiary/aromatic N) is 4. The van der Waals surface area contributed by atoms with Crippen LogP contribution >= 0.6 is 11.8 Å². The van der Waals surface area contributed by atoms with E-state index in [1.165, 1.54) is 16.2 Å². The van der Waals surface area contributed by atoms with Gasteiger partial charge in [0.25, 0.3) is 0 Å². The molecular weight excluding hydrogens is 396 g/mol. The Morgan fingerprint density at radius 3 is 2.37 bits per heavy atom. The normalized spacial score (nSPS) is 15.5. The molecule has 0 aliphatic carbocycles. The van der Waals surface area contributed by atoms with Gasteiger partial charge in [0, 0.05) is 35.8 Å². The number of rotatable bonds is 5. The van der Waals surface area contributed by atoms with Gasteiger partial charge in [-0.15, -0.1) is 5.10 Å². The molecule has 1 amide bonds. The number of aromatic amines is 1. The van der Waals surface area contributed by atoms with Crippen LogP contribution in [-0.2, 0) is 4.79 Å². The molecule has 1 saturated heterocycles. The summed E-state index contributed by atoms with van der Waals surface area (Å²) in [5.74, 6) is 1.00. The molecule has 154 valence electrons. The van der Waals surface area contributed by atoms with Gasteiger partial charge in [-0.25, -0.2) is 5.10 Å². The van der Waals surface area contributed by atoms with Gasteiger partial charge in [-0.2, -0.15) is 4.98 Å². The predicted octanol–water partition coefficient (Wildman–Crippen LogP) is 4.43. The second-order valence-corrected chi connectivity index (χ2v) is 8.60. The lowest BCUT2D eigenvalue weighted by molar-refractivity contribution is -0.116. The van der Waals surface area contributed by atoms with Gasteiger partial charge in [0.2, 0.25) is 17.8 Å². The molecular formula is C22H24N6OS. The maximum Gasteiger partial charge on any atom is 0.246 e. The van der Waals surface area contributed by atoms with Crippen LogP contribution in [0.15, 0.2) is 58.3 Å². The summed E-state index contributed by atoms with van der Waals surface area (Å²) in [5.41, 5.74) is 2.28. The smallest absolute Gasteiger partial charge is 0.246 e. The Morgan fingerprint density at radius 2 is 1.67 bits per heavy atom. The highest BCUT2D eigenvalue weighted by Crippen LogP contribution is 2.47. The molecule has 2 aliphatic heterocycles. The van der Waals surface area contributed by atoms with Crippen LogP contribution in [0, 0.1) is 0 Å². The average molecular weight is 421 g/mol. The summed E-state index contributed by atoms with van der Waals surface area (Å²) >= 11 is 1.77. The number of fused-ring (bicyclic) bond motifs is 2. The summed E-state index contributed by atoms with van der Waals surface area (Å²) in [6.07, 6.45) is 3.93. The van der Waals surface area contributed by atoms with Crippen molar-refractivity contribution in [1.82, 2.24) is 15.2 Å². The van der Waals surface area contributed by atoms with Gasteiger partial charge in [0.15, 0.2) is 0 Å². The van der Waals surface area contributed by atoms with Crippen LogP contribution in [0.25, 0.3) is 0 Å². The highest BCUT2D eigenvalue weighted by molar-refractivity contribution is 7.99. The van der Waals surface area contributed by atoms with E-state index in [9.17, 15) is 4.79 Å². The van der Waals surface area contributed by atoms with Crippen molar-refractivity contribution >= 4 is 40.9 Å². The van der Waals surface area contributed by atoms with Crippen LogP contribution in [0.1, 0.15) is 25.7 Å². The Hall–Kier alpha value is -3.00. The number of benzene rings is 2. The van der Waals surface area contributed by atoms with Gasteiger partial charge >= 0.3 is 0 Å². The maximum absolute atomic E-state index is 12.6. The van der Waals surface area contributed by atoms with Crippen molar-refractivity contribution in [2.45, 2.75) is 35.5 Å². The van der Waals surface area contributed by atoms with Crippen molar-refractivity contribution in [3.05, 3.63) is 48.5 Å². The van der Waals surface area contributed by atoms with Gasteiger partial charge in [0.05, 0.1) is 11.4 Å². The third kappa shape index (κ3) is 3.87. The molecule has 30 heavy (non-hydrogen) atoms. The molecule has 3 heterocycles. The highest BCUT2D eigenvalue weighted by atomic mass is 32.2. The average Bonchev–Trinajstić information content (AvgIpc) is 3.25. The van der Waals surface area contributed by atoms with Crippen molar-refractivity contribution in [1.29, 1.82) is 0 Å². The highest BCUT2D eigenvalue weighted by Gasteiger charge is 2.23. The van der Waals surface area contributed by atoms with Gasteiger partial charge in [0.1, 0.15) is 0 Å². The standard InChI is InChI=1S/C22H24N6OS/c29-20(23-21-24-22(26-25-21)27-13-6-1-7-14-27)12-15-28-16-8-2-4-10-18(16)30-19-11-5-3-9-17(19)28/h2-5,8-11H,1,6-7,12-15H2,(H2,23,24,25,26,29). The second-order valence-electron chi connectivity index (χ2n) is 7.52. The summed E-state index contributed by atoms with van der Waals surface area (Å²) in [5, 5.41) is 9.98. The number of hydrogen-bond acceptors (Lipinski definition) is 6. The number of amides is 1.